The molecule has 0 unspecified atom stereocenters. The minimum Gasteiger partial charge on any atom is -0.337 e. The SMILES string of the molecule is CS(=O)(=O)NC1CCN(C(=O)c2csc(-c3ccc(F)cc3)n2)CC1. The maximum absolute atomic E-state index is 13.0. The first-order valence-corrected chi connectivity index (χ1v) is 10.6. The molecule has 0 saturated carbocycles. The molecule has 0 radical (unpaired) electrons. The number of thiazole rings is 1. The van der Waals surface area contributed by atoms with Crippen LogP contribution < -0.4 is 4.72 Å². The van der Waals surface area contributed by atoms with Crippen LogP contribution in [0.2, 0.25) is 0 Å². The third-order valence-electron chi connectivity index (χ3n) is 3.98. The van der Waals surface area contributed by atoms with Crippen LogP contribution in [-0.4, -0.2) is 49.6 Å². The van der Waals surface area contributed by atoms with Gasteiger partial charge >= 0.3 is 0 Å². The van der Waals surface area contributed by atoms with E-state index in [0.29, 0.717) is 36.6 Å². The molecule has 6 nitrogen and oxygen atoms in total. The summed E-state index contributed by atoms with van der Waals surface area (Å²) >= 11 is 1.34. The molecule has 9 heteroatoms. The monoisotopic (exact) mass is 383 g/mol. The van der Waals surface area contributed by atoms with Crippen molar-refractivity contribution in [2.45, 2.75) is 18.9 Å². The van der Waals surface area contributed by atoms with Gasteiger partial charge < -0.3 is 4.90 Å². The maximum atomic E-state index is 13.0. The Bertz CT molecular complexity index is 857. The number of carbonyl (C=O) groups is 1. The van der Waals surface area contributed by atoms with E-state index in [1.807, 2.05) is 0 Å². The van der Waals surface area contributed by atoms with Crippen molar-refractivity contribution in [3.05, 3.63) is 41.2 Å². The molecule has 1 amide bonds. The van der Waals surface area contributed by atoms with E-state index in [2.05, 4.69) is 9.71 Å². The molecule has 2 heterocycles. The van der Waals surface area contributed by atoms with Gasteiger partial charge in [-0.3, -0.25) is 4.79 Å². The number of nitrogens with one attached hydrogen (secondary N) is 1. The van der Waals surface area contributed by atoms with Crippen LogP contribution in [0.25, 0.3) is 10.6 Å². The van der Waals surface area contributed by atoms with Crippen LogP contribution in [-0.2, 0) is 10.0 Å². The first-order valence-electron chi connectivity index (χ1n) is 7.80. The first kappa shape index (κ1) is 18.0. The highest BCUT2D eigenvalue weighted by atomic mass is 32.2. The number of aromatic nitrogens is 1. The second-order valence-corrected chi connectivity index (χ2v) is 8.64. The minimum absolute atomic E-state index is 0.135. The molecule has 0 bridgehead atoms. The zero-order chi connectivity index (χ0) is 18.0. The summed E-state index contributed by atoms with van der Waals surface area (Å²) in [4.78, 5) is 18.6. The van der Waals surface area contributed by atoms with Gasteiger partial charge in [0, 0.05) is 30.1 Å². The summed E-state index contributed by atoms with van der Waals surface area (Å²) in [6, 6.07) is 5.84. The average Bonchev–Trinajstić information content (AvgIpc) is 3.04. The lowest BCUT2D eigenvalue weighted by Gasteiger charge is -2.31. The van der Waals surface area contributed by atoms with E-state index in [9.17, 15) is 17.6 Å². The van der Waals surface area contributed by atoms with Crippen LogP contribution >= 0.6 is 11.3 Å². The number of hydrogen-bond donors (Lipinski definition) is 1. The molecule has 0 atom stereocenters. The summed E-state index contributed by atoms with van der Waals surface area (Å²) in [6.07, 6.45) is 2.29. The Morgan fingerprint density at radius 1 is 1.28 bits per heavy atom. The molecule has 25 heavy (non-hydrogen) atoms. The lowest BCUT2D eigenvalue weighted by atomic mass is 10.1. The van der Waals surface area contributed by atoms with E-state index in [4.69, 9.17) is 0 Å². The fourth-order valence-corrected chi connectivity index (χ4v) is 4.40. The van der Waals surface area contributed by atoms with Crippen molar-refractivity contribution in [2.24, 2.45) is 0 Å². The Balaban J connectivity index is 1.64. The van der Waals surface area contributed by atoms with Crippen LogP contribution in [0.4, 0.5) is 4.39 Å². The Morgan fingerprint density at radius 2 is 1.92 bits per heavy atom. The maximum Gasteiger partial charge on any atom is 0.273 e. The second-order valence-electron chi connectivity index (χ2n) is 6.00. The van der Waals surface area contributed by atoms with Crippen molar-refractivity contribution >= 4 is 27.3 Å². The fourth-order valence-electron chi connectivity index (χ4n) is 2.76. The van der Waals surface area contributed by atoms with Crippen molar-refractivity contribution in [1.29, 1.82) is 0 Å². The number of benzene rings is 1. The summed E-state index contributed by atoms with van der Waals surface area (Å²) in [7, 11) is -3.23. The molecule has 134 valence electrons. The van der Waals surface area contributed by atoms with Crippen molar-refractivity contribution in [3.63, 3.8) is 0 Å². The number of carbonyl (C=O) groups excluding carboxylic acids is 1. The summed E-state index contributed by atoms with van der Waals surface area (Å²) in [5, 5.41) is 2.36. The Hall–Kier alpha value is -1.84. The van der Waals surface area contributed by atoms with E-state index in [1.54, 1.807) is 22.4 Å². The lowest BCUT2D eigenvalue weighted by molar-refractivity contribution is 0.0706. The first-order chi connectivity index (χ1) is 11.8. The summed E-state index contributed by atoms with van der Waals surface area (Å²) in [6.45, 7) is 0.963. The number of amides is 1. The van der Waals surface area contributed by atoms with Gasteiger partial charge in [-0.25, -0.2) is 22.5 Å². The summed E-state index contributed by atoms with van der Waals surface area (Å²) < 4.78 is 38.1. The smallest absolute Gasteiger partial charge is 0.273 e. The van der Waals surface area contributed by atoms with Gasteiger partial charge in [-0.15, -0.1) is 11.3 Å². The minimum atomic E-state index is -3.23. The highest BCUT2D eigenvalue weighted by Crippen LogP contribution is 2.25. The third kappa shape index (κ3) is 4.62. The van der Waals surface area contributed by atoms with Gasteiger partial charge in [-0.05, 0) is 37.1 Å². The predicted octanol–water partition coefficient (Wildman–Crippen LogP) is 2.10. The number of likely N-dealkylation sites (tertiary alicyclic amines) is 1. The number of piperidine rings is 1. The van der Waals surface area contributed by atoms with Gasteiger partial charge in [0.25, 0.3) is 5.91 Å². The average molecular weight is 383 g/mol. The lowest BCUT2D eigenvalue weighted by Crippen LogP contribution is -2.46. The molecular weight excluding hydrogens is 365 g/mol. The normalized spacial score (nSPS) is 16.2. The van der Waals surface area contributed by atoms with Crippen molar-refractivity contribution < 1.29 is 17.6 Å². The predicted molar refractivity (Wildman–Crippen MR) is 94.4 cm³/mol. The van der Waals surface area contributed by atoms with Gasteiger partial charge in [0.2, 0.25) is 10.0 Å². The number of rotatable bonds is 4. The van der Waals surface area contributed by atoms with Crippen LogP contribution in [0.15, 0.2) is 29.6 Å². The van der Waals surface area contributed by atoms with Gasteiger partial charge in [-0.1, -0.05) is 0 Å². The Labute approximate surface area is 149 Å². The van der Waals surface area contributed by atoms with E-state index in [-0.39, 0.29) is 17.8 Å². The quantitative estimate of drug-likeness (QED) is 0.877. The van der Waals surface area contributed by atoms with Gasteiger partial charge in [0.05, 0.1) is 6.26 Å². The van der Waals surface area contributed by atoms with E-state index >= 15 is 0 Å². The van der Waals surface area contributed by atoms with Crippen LogP contribution in [0.1, 0.15) is 23.3 Å². The molecular formula is C16H18FN3O3S2. The molecule has 1 aromatic heterocycles. The number of nitrogens with zero attached hydrogens (tertiary/aromatic N) is 2. The molecule has 2 aromatic rings. The van der Waals surface area contributed by atoms with E-state index in [0.717, 1.165) is 11.8 Å². The molecule has 3 rings (SSSR count). The molecule has 1 aliphatic heterocycles. The van der Waals surface area contributed by atoms with Gasteiger partial charge in [0.1, 0.15) is 16.5 Å². The molecule has 1 aliphatic rings. The van der Waals surface area contributed by atoms with E-state index in [1.165, 1.54) is 23.5 Å². The van der Waals surface area contributed by atoms with E-state index < -0.39 is 10.0 Å². The van der Waals surface area contributed by atoms with Crippen molar-refractivity contribution in [1.82, 2.24) is 14.6 Å². The summed E-state index contributed by atoms with van der Waals surface area (Å²) in [5.74, 6) is -0.482. The molecule has 1 N–H and O–H groups in total. The molecule has 0 aliphatic carbocycles. The zero-order valence-corrected chi connectivity index (χ0v) is 15.2. The topological polar surface area (TPSA) is 79.4 Å². The number of sulfonamides is 1. The number of halogens is 1. The van der Waals surface area contributed by atoms with Gasteiger partial charge in [-0.2, -0.15) is 0 Å². The molecule has 0 spiro atoms. The Kier molecular flexibility index (Phi) is 5.16. The Morgan fingerprint density at radius 3 is 2.52 bits per heavy atom. The standard InChI is InChI=1S/C16H18FN3O3S2/c1-25(22,23)19-13-6-8-20(9-7-13)16(21)14-10-24-15(18-14)11-2-4-12(17)5-3-11/h2-5,10,13,19H,6-9H2,1H3. The van der Waals surface area contributed by atoms with Crippen molar-refractivity contribution in [3.8, 4) is 10.6 Å². The molecule has 1 aromatic carbocycles. The van der Waals surface area contributed by atoms with Crippen LogP contribution in [0, 0.1) is 5.82 Å². The molecule has 1 fully saturated rings. The second kappa shape index (κ2) is 7.19. The fraction of sp³-hybridized carbons (Fsp3) is 0.375. The molecule has 1 saturated heterocycles. The van der Waals surface area contributed by atoms with Crippen LogP contribution in [0.3, 0.4) is 0 Å². The van der Waals surface area contributed by atoms with Crippen LogP contribution in [0.5, 0.6) is 0 Å². The highest BCUT2D eigenvalue weighted by molar-refractivity contribution is 7.88. The largest absolute Gasteiger partial charge is 0.337 e. The zero-order valence-electron chi connectivity index (χ0n) is 13.6. The third-order valence-corrected chi connectivity index (χ3v) is 5.63. The van der Waals surface area contributed by atoms with Gasteiger partial charge in [0.15, 0.2) is 0 Å². The number of hydrogen-bond acceptors (Lipinski definition) is 5. The highest BCUT2D eigenvalue weighted by Gasteiger charge is 2.26. The summed E-state index contributed by atoms with van der Waals surface area (Å²) in [5.41, 5.74) is 1.13. The van der Waals surface area contributed by atoms with Crippen molar-refractivity contribution in [2.75, 3.05) is 19.3 Å².